The molecule has 5 rings (SSSR count). The molecular weight excluding hydrogens is 412 g/mol. The zero-order chi connectivity index (χ0) is 23.3. The number of nitrogen functional groups attached to an aromatic ring is 1. The van der Waals surface area contributed by atoms with Gasteiger partial charge in [-0.05, 0) is 44.0 Å². The lowest BCUT2D eigenvalue weighted by molar-refractivity contribution is -0.132. The maximum absolute atomic E-state index is 13.8. The Hall–Kier alpha value is -3.90. The lowest BCUT2D eigenvalue weighted by Crippen LogP contribution is -2.41. The van der Waals surface area contributed by atoms with Gasteiger partial charge in [-0.2, -0.15) is 5.10 Å². The van der Waals surface area contributed by atoms with Crippen LogP contribution in [0.1, 0.15) is 33.5 Å². The van der Waals surface area contributed by atoms with E-state index in [2.05, 4.69) is 11.2 Å². The summed E-state index contributed by atoms with van der Waals surface area (Å²) in [5, 5.41) is 16.7. The highest BCUT2D eigenvalue weighted by Crippen LogP contribution is 2.47. The molecule has 0 spiro atoms. The van der Waals surface area contributed by atoms with Gasteiger partial charge in [0.1, 0.15) is 5.82 Å². The largest absolute Gasteiger partial charge is 0.383 e. The van der Waals surface area contributed by atoms with E-state index in [-0.39, 0.29) is 5.82 Å². The van der Waals surface area contributed by atoms with E-state index >= 15 is 0 Å². The highest BCUT2D eigenvalue weighted by atomic mass is 16.3. The SMILES string of the molecule is Cc1ccc(-n2nc(C)c(C3(O)C(=O)N(Cc4ccccc4)c4ccccc43)c2N)c(C)c1. The molecule has 166 valence electrons. The number of para-hydroxylation sites is 1. The van der Waals surface area contributed by atoms with Gasteiger partial charge in [0.05, 0.1) is 29.2 Å². The number of amides is 1. The standard InChI is InChI=1S/C27H26N4O2/c1-17-13-14-22(18(2)15-17)31-25(28)24(19(3)29-31)27(33)21-11-7-8-12-23(21)30(26(27)32)16-20-9-5-4-6-10-20/h4-15,33H,16,28H2,1-3H3. The predicted molar refractivity (Wildman–Crippen MR) is 129 cm³/mol. The molecule has 0 aliphatic carbocycles. The van der Waals surface area contributed by atoms with E-state index in [1.165, 1.54) is 0 Å². The van der Waals surface area contributed by atoms with E-state index in [4.69, 9.17) is 5.73 Å². The minimum Gasteiger partial charge on any atom is -0.383 e. The number of aromatic nitrogens is 2. The van der Waals surface area contributed by atoms with Gasteiger partial charge in [-0.15, -0.1) is 0 Å². The van der Waals surface area contributed by atoms with E-state index in [0.29, 0.717) is 29.1 Å². The van der Waals surface area contributed by atoms with Crippen molar-refractivity contribution in [1.29, 1.82) is 0 Å². The molecule has 1 unspecified atom stereocenters. The Kier molecular flexibility index (Phi) is 4.83. The zero-order valence-electron chi connectivity index (χ0n) is 18.9. The lowest BCUT2D eigenvalue weighted by atomic mass is 9.87. The fraction of sp³-hybridized carbons (Fsp3) is 0.185. The quantitative estimate of drug-likeness (QED) is 0.501. The molecule has 0 saturated carbocycles. The summed E-state index contributed by atoms with van der Waals surface area (Å²) in [6.07, 6.45) is 0. The van der Waals surface area contributed by atoms with Crippen molar-refractivity contribution in [2.24, 2.45) is 0 Å². The smallest absolute Gasteiger partial charge is 0.269 e. The first-order valence-electron chi connectivity index (χ1n) is 10.9. The molecule has 1 amide bonds. The molecule has 3 N–H and O–H groups in total. The second-order valence-corrected chi connectivity index (χ2v) is 8.65. The summed E-state index contributed by atoms with van der Waals surface area (Å²) >= 11 is 0. The summed E-state index contributed by atoms with van der Waals surface area (Å²) < 4.78 is 1.62. The molecule has 6 nitrogen and oxygen atoms in total. The van der Waals surface area contributed by atoms with E-state index < -0.39 is 11.5 Å². The van der Waals surface area contributed by atoms with Crippen molar-refractivity contribution in [2.75, 3.05) is 10.6 Å². The van der Waals surface area contributed by atoms with Gasteiger partial charge < -0.3 is 15.7 Å². The molecule has 0 fully saturated rings. The van der Waals surface area contributed by atoms with Crippen LogP contribution in [0.3, 0.4) is 0 Å². The molecule has 3 aromatic carbocycles. The van der Waals surface area contributed by atoms with Crippen LogP contribution in [-0.4, -0.2) is 20.8 Å². The van der Waals surface area contributed by atoms with Crippen molar-refractivity contribution in [3.05, 3.63) is 106 Å². The van der Waals surface area contributed by atoms with Crippen molar-refractivity contribution >= 4 is 17.4 Å². The van der Waals surface area contributed by atoms with Crippen LogP contribution in [0.2, 0.25) is 0 Å². The van der Waals surface area contributed by atoms with Crippen molar-refractivity contribution in [3.8, 4) is 5.69 Å². The fourth-order valence-electron chi connectivity index (χ4n) is 4.82. The molecule has 33 heavy (non-hydrogen) atoms. The first-order chi connectivity index (χ1) is 15.8. The number of hydrogen-bond acceptors (Lipinski definition) is 4. The Morgan fingerprint density at radius 1 is 0.939 bits per heavy atom. The summed E-state index contributed by atoms with van der Waals surface area (Å²) in [5.74, 6) is -0.172. The van der Waals surface area contributed by atoms with Crippen molar-refractivity contribution in [3.63, 3.8) is 0 Å². The monoisotopic (exact) mass is 438 g/mol. The topological polar surface area (TPSA) is 84.4 Å². The Morgan fingerprint density at radius 2 is 1.64 bits per heavy atom. The number of anilines is 2. The first kappa shape index (κ1) is 21.0. The van der Waals surface area contributed by atoms with Gasteiger partial charge >= 0.3 is 0 Å². The van der Waals surface area contributed by atoms with Crippen LogP contribution < -0.4 is 10.6 Å². The number of rotatable bonds is 4. The number of nitrogens with zero attached hydrogens (tertiary/aromatic N) is 3. The average molecular weight is 439 g/mol. The number of nitrogens with two attached hydrogens (primary N) is 1. The number of aliphatic hydroxyl groups is 1. The fourth-order valence-corrected chi connectivity index (χ4v) is 4.82. The Balaban J connectivity index is 1.66. The second-order valence-electron chi connectivity index (χ2n) is 8.65. The van der Waals surface area contributed by atoms with Gasteiger partial charge in [0, 0.05) is 5.56 Å². The molecule has 1 aromatic heterocycles. The van der Waals surface area contributed by atoms with Gasteiger partial charge in [0.25, 0.3) is 5.91 Å². The van der Waals surface area contributed by atoms with E-state index in [1.807, 2.05) is 74.5 Å². The zero-order valence-corrected chi connectivity index (χ0v) is 18.9. The Morgan fingerprint density at radius 3 is 2.36 bits per heavy atom. The van der Waals surface area contributed by atoms with Gasteiger partial charge in [-0.1, -0.05) is 66.2 Å². The van der Waals surface area contributed by atoms with Crippen molar-refractivity contribution in [1.82, 2.24) is 9.78 Å². The summed E-state index contributed by atoms with van der Waals surface area (Å²) in [6, 6.07) is 23.1. The summed E-state index contributed by atoms with van der Waals surface area (Å²) in [4.78, 5) is 15.5. The minimum atomic E-state index is -1.92. The molecule has 0 radical (unpaired) electrons. The van der Waals surface area contributed by atoms with Crippen LogP contribution in [0.15, 0.2) is 72.8 Å². The molecule has 1 atom stereocenters. The van der Waals surface area contributed by atoms with Crippen LogP contribution >= 0.6 is 0 Å². The van der Waals surface area contributed by atoms with Crippen LogP contribution in [-0.2, 0) is 16.9 Å². The maximum atomic E-state index is 13.8. The third-order valence-electron chi connectivity index (χ3n) is 6.36. The molecule has 0 saturated heterocycles. The van der Waals surface area contributed by atoms with Crippen LogP contribution in [0.5, 0.6) is 0 Å². The van der Waals surface area contributed by atoms with Crippen molar-refractivity contribution < 1.29 is 9.90 Å². The van der Waals surface area contributed by atoms with E-state index in [9.17, 15) is 9.90 Å². The Bertz CT molecular complexity index is 1380. The summed E-state index contributed by atoms with van der Waals surface area (Å²) in [5.41, 5.74) is 10.6. The number of carbonyl (C=O) groups is 1. The Labute approximate surface area is 192 Å². The highest BCUT2D eigenvalue weighted by Gasteiger charge is 2.53. The molecule has 4 aromatic rings. The number of benzene rings is 3. The van der Waals surface area contributed by atoms with E-state index in [1.54, 1.807) is 22.6 Å². The molecule has 6 heteroatoms. The number of carbonyl (C=O) groups excluding carboxylic acids is 1. The van der Waals surface area contributed by atoms with Gasteiger partial charge in [0.2, 0.25) is 5.60 Å². The first-order valence-corrected chi connectivity index (χ1v) is 10.9. The van der Waals surface area contributed by atoms with Gasteiger partial charge in [0.15, 0.2) is 0 Å². The molecule has 0 bridgehead atoms. The van der Waals surface area contributed by atoms with Gasteiger partial charge in [-0.25, -0.2) is 4.68 Å². The van der Waals surface area contributed by atoms with Crippen LogP contribution in [0.4, 0.5) is 11.5 Å². The third kappa shape index (κ3) is 3.14. The molecule has 1 aliphatic heterocycles. The average Bonchev–Trinajstić information content (AvgIpc) is 3.21. The maximum Gasteiger partial charge on any atom is 0.269 e. The normalized spacial score (nSPS) is 17.5. The lowest BCUT2D eigenvalue weighted by Gasteiger charge is -2.24. The van der Waals surface area contributed by atoms with Crippen LogP contribution in [0.25, 0.3) is 5.69 Å². The third-order valence-corrected chi connectivity index (χ3v) is 6.36. The minimum absolute atomic E-state index is 0.256. The summed E-state index contributed by atoms with van der Waals surface area (Å²) in [6.45, 7) is 6.14. The molecule has 1 aliphatic rings. The molecule has 2 heterocycles. The number of fused-ring (bicyclic) bond motifs is 1. The second kappa shape index (κ2) is 7.60. The molecular formula is C27H26N4O2. The van der Waals surface area contributed by atoms with E-state index in [0.717, 1.165) is 22.4 Å². The van der Waals surface area contributed by atoms with Crippen molar-refractivity contribution in [2.45, 2.75) is 32.9 Å². The highest BCUT2D eigenvalue weighted by molar-refractivity contribution is 6.09. The predicted octanol–water partition coefficient (Wildman–Crippen LogP) is 4.16. The van der Waals surface area contributed by atoms with Crippen LogP contribution in [0, 0.1) is 20.8 Å². The number of hydrogen-bond donors (Lipinski definition) is 2. The number of aryl methyl sites for hydroxylation is 3. The summed E-state index contributed by atoms with van der Waals surface area (Å²) in [7, 11) is 0. The van der Waals surface area contributed by atoms with Gasteiger partial charge in [-0.3, -0.25) is 4.79 Å².